The van der Waals surface area contributed by atoms with E-state index in [0.29, 0.717) is 12.1 Å². The summed E-state index contributed by atoms with van der Waals surface area (Å²) in [6, 6.07) is 0.371. The maximum Gasteiger partial charge on any atom is 0.387 e. The van der Waals surface area contributed by atoms with Gasteiger partial charge in [0.15, 0.2) is 0 Å². The SMILES string of the molecule is CC(NS(=O)(=O)c1cc(F)ccc1OC(F)F)C(=O)O. The standard InChI is InChI=1S/C10H10F3NO5S/c1-5(9(15)16)14-20(17,18)8-4-6(11)2-3-7(8)19-10(12)13/h2-5,10,14H,1H3,(H,15,16). The summed E-state index contributed by atoms with van der Waals surface area (Å²) in [5, 5.41) is 8.61. The summed E-state index contributed by atoms with van der Waals surface area (Å²) in [5.74, 6) is -3.28. The van der Waals surface area contributed by atoms with Gasteiger partial charge in [-0.25, -0.2) is 12.8 Å². The molecule has 20 heavy (non-hydrogen) atoms. The second-order valence-electron chi connectivity index (χ2n) is 3.65. The van der Waals surface area contributed by atoms with Crippen molar-refractivity contribution in [3.05, 3.63) is 24.0 Å². The van der Waals surface area contributed by atoms with Gasteiger partial charge in [-0.3, -0.25) is 4.79 Å². The fourth-order valence-electron chi connectivity index (χ4n) is 1.23. The number of aliphatic carboxylic acids is 1. The Morgan fingerprint density at radius 1 is 1.40 bits per heavy atom. The molecule has 0 aliphatic carbocycles. The Labute approximate surface area is 112 Å². The van der Waals surface area contributed by atoms with Crippen LogP contribution in [0.2, 0.25) is 0 Å². The normalized spacial score (nSPS) is 13.2. The highest BCUT2D eigenvalue weighted by Crippen LogP contribution is 2.26. The van der Waals surface area contributed by atoms with Gasteiger partial charge < -0.3 is 9.84 Å². The molecule has 1 unspecified atom stereocenters. The van der Waals surface area contributed by atoms with Crippen molar-refractivity contribution in [3.8, 4) is 5.75 Å². The highest BCUT2D eigenvalue weighted by atomic mass is 32.2. The second-order valence-corrected chi connectivity index (χ2v) is 5.33. The van der Waals surface area contributed by atoms with Gasteiger partial charge >= 0.3 is 12.6 Å². The maximum atomic E-state index is 13.1. The van der Waals surface area contributed by atoms with Crippen molar-refractivity contribution in [2.75, 3.05) is 0 Å². The van der Waals surface area contributed by atoms with Crippen molar-refractivity contribution in [3.63, 3.8) is 0 Å². The molecule has 1 atom stereocenters. The fourth-order valence-corrected chi connectivity index (χ4v) is 2.57. The second kappa shape index (κ2) is 6.09. The van der Waals surface area contributed by atoms with E-state index in [9.17, 15) is 26.4 Å². The van der Waals surface area contributed by atoms with Crippen LogP contribution in [0.4, 0.5) is 13.2 Å². The Balaban J connectivity index is 3.22. The number of hydrogen-bond acceptors (Lipinski definition) is 4. The third kappa shape index (κ3) is 4.10. The first-order chi connectivity index (χ1) is 9.13. The topological polar surface area (TPSA) is 92.7 Å². The van der Waals surface area contributed by atoms with Gasteiger partial charge in [-0.1, -0.05) is 0 Å². The summed E-state index contributed by atoms with van der Waals surface area (Å²) in [6.45, 7) is -2.29. The predicted octanol–water partition coefficient (Wildman–Crippen LogP) is 1.18. The molecule has 1 rings (SSSR count). The lowest BCUT2D eigenvalue weighted by molar-refractivity contribution is -0.138. The molecule has 0 aliphatic rings. The average Bonchev–Trinajstić information content (AvgIpc) is 2.30. The zero-order valence-electron chi connectivity index (χ0n) is 10.0. The van der Waals surface area contributed by atoms with Crippen molar-refractivity contribution in [1.29, 1.82) is 0 Å². The van der Waals surface area contributed by atoms with Gasteiger partial charge in [-0.05, 0) is 25.1 Å². The van der Waals surface area contributed by atoms with Crippen LogP contribution in [0, 0.1) is 5.82 Å². The Morgan fingerprint density at radius 2 is 2.00 bits per heavy atom. The molecule has 0 bridgehead atoms. The lowest BCUT2D eigenvalue weighted by atomic mass is 10.3. The first-order valence-electron chi connectivity index (χ1n) is 5.13. The molecule has 0 saturated carbocycles. The molecular weight excluding hydrogens is 303 g/mol. The van der Waals surface area contributed by atoms with Gasteiger partial charge in [-0.2, -0.15) is 13.5 Å². The minimum absolute atomic E-state index is 0.453. The molecule has 0 heterocycles. The molecule has 0 fully saturated rings. The Morgan fingerprint density at radius 3 is 2.50 bits per heavy atom. The quantitative estimate of drug-likeness (QED) is 0.822. The van der Waals surface area contributed by atoms with Crippen LogP contribution in [0.15, 0.2) is 23.1 Å². The molecule has 0 spiro atoms. The fraction of sp³-hybridized carbons (Fsp3) is 0.300. The van der Waals surface area contributed by atoms with Crippen LogP contribution < -0.4 is 9.46 Å². The van der Waals surface area contributed by atoms with E-state index in [4.69, 9.17) is 5.11 Å². The number of halogens is 3. The van der Waals surface area contributed by atoms with Crippen molar-refractivity contribution in [2.45, 2.75) is 24.5 Å². The van der Waals surface area contributed by atoms with E-state index in [1.54, 1.807) is 4.72 Å². The summed E-state index contributed by atoms with van der Waals surface area (Å²) in [7, 11) is -4.53. The molecular formula is C10H10F3NO5S. The molecule has 0 aliphatic heterocycles. The van der Waals surface area contributed by atoms with Gasteiger partial charge in [0.05, 0.1) is 0 Å². The third-order valence-corrected chi connectivity index (χ3v) is 3.68. The number of nitrogens with one attached hydrogen (secondary N) is 1. The predicted molar refractivity (Wildman–Crippen MR) is 60.5 cm³/mol. The van der Waals surface area contributed by atoms with Gasteiger partial charge in [0.1, 0.15) is 22.5 Å². The molecule has 0 aromatic heterocycles. The van der Waals surface area contributed by atoms with Crippen LogP contribution in [-0.2, 0) is 14.8 Å². The van der Waals surface area contributed by atoms with Crippen LogP contribution in [0.25, 0.3) is 0 Å². The van der Waals surface area contributed by atoms with Gasteiger partial charge in [-0.15, -0.1) is 0 Å². The van der Waals surface area contributed by atoms with Crippen LogP contribution >= 0.6 is 0 Å². The van der Waals surface area contributed by atoms with E-state index in [2.05, 4.69) is 4.74 Å². The van der Waals surface area contributed by atoms with Gasteiger partial charge in [0, 0.05) is 0 Å². The van der Waals surface area contributed by atoms with E-state index in [-0.39, 0.29) is 0 Å². The minimum Gasteiger partial charge on any atom is -0.480 e. The van der Waals surface area contributed by atoms with Crippen molar-refractivity contribution < 1.29 is 36.2 Å². The van der Waals surface area contributed by atoms with Crippen molar-refractivity contribution in [2.24, 2.45) is 0 Å². The molecule has 0 radical (unpaired) electrons. The minimum atomic E-state index is -4.53. The van der Waals surface area contributed by atoms with Crippen molar-refractivity contribution in [1.82, 2.24) is 4.72 Å². The third-order valence-electron chi connectivity index (χ3n) is 2.11. The van der Waals surface area contributed by atoms with E-state index in [0.717, 1.165) is 13.0 Å². The number of hydrogen-bond donors (Lipinski definition) is 2. The van der Waals surface area contributed by atoms with Crippen LogP contribution in [0.1, 0.15) is 6.92 Å². The number of alkyl halides is 2. The Kier molecular flexibility index (Phi) is 4.95. The Bertz CT molecular complexity index is 605. The first kappa shape index (κ1) is 16.2. The van der Waals surface area contributed by atoms with Crippen LogP contribution in [0.3, 0.4) is 0 Å². The molecule has 2 N–H and O–H groups in total. The number of carboxylic acid groups (broad SMARTS) is 1. The zero-order valence-corrected chi connectivity index (χ0v) is 10.8. The van der Waals surface area contributed by atoms with Crippen LogP contribution in [-0.4, -0.2) is 32.1 Å². The van der Waals surface area contributed by atoms with E-state index < -0.39 is 45.1 Å². The van der Waals surface area contributed by atoms with Gasteiger partial charge in [0.2, 0.25) is 10.0 Å². The molecule has 0 saturated heterocycles. The highest BCUT2D eigenvalue weighted by molar-refractivity contribution is 7.89. The first-order valence-corrected chi connectivity index (χ1v) is 6.61. The summed E-state index contributed by atoms with van der Waals surface area (Å²) in [6.07, 6.45) is 0. The Hall–Kier alpha value is -1.81. The number of sulfonamides is 1. The largest absolute Gasteiger partial charge is 0.480 e. The van der Waals surface area contributed by atoms with Crippen molar-refractivity contribution >= 4 is 16.0 Å². The average molecular weight is 313 g/mol. The van der Waals surface area contributed by atoms with E-state index >= 15 is 0 Å². The lowest BCUT2D eigenvalue weighted by Crippen LogP contribution is -2.38. The summed E-state index contributed by atoms with van der Waals surface area (Å²) >= 11 is 0. The number of carboxylic acids is 1. The zero-order chi connectivity index (χ0) is 15.5. The number of rotatable bonds is 6. The van der Waals surface area contributed by atoms with E-state index in [1.807, 2.05) is 0 Å². The lowest BCUT2D eigenvalue weighted by Gasteiger charge is -2.14. The molecule has 1 aromatic carbocycles. The monoisotopic (exact) mass is 313 g/mol. The summed E-state index contributed by atoms with van der Waals surface area (Å²) in [5.41, 5.74) is 0. The maximum absolute atomic E-state index is 13.1. The molecule has 6 nitrogen and oxygen atoms in total. The summed E-state index contributed by atoms with van der Waals surface area (Å²) < 4.78 is 66.7. The number of carbonyl (C=O) groups is 1. The molecule has 10 heteroatoms. The smallest absolute Gasteiger partial charge is 0.387 e. The molecule has 112 valence electrons. The van der Waals surface area contributed by atoms with Gasteiger partial charge in [0.25, 0.3) is 0 Å². The highest BCUT2D eigenvalue weighted by Gasteiger charge is 2.26. The number of benzene rings is 1. The molecule has 0 amide bonds. The van der Waals surface area contributed by atoms with Crippen LogP contribution in [0.5, 0.6) is 5.75 Å². The van der Waals surface area contributed by atoms with E-state index in [1.165, 1.54) is 0 Å². The number of ether oxygens (including phenoxy) is 1. The molecule has 1 aromatic rings. The summed E-state index contributed by atoms with van der Waals surface area (Å²) in [4.78, 5) is 9.67.